The largest absolute Gasteiger partial charge is 0.323 e. The molecule has 1 aliphatic heterocycles. The fourth-order valence-corrected chi connectivity index (χ4v) is 3.43. The van der Waals surface area contributed by atoms with Gasteiger partial charge in [0, 0.05) is 30.9 Å². The number of nitrogens with one attached hydrogen (secondary N) is 1. The molecule has 0 aromatic heterocycles. The maximum Gasteiger partial charge on any atom is 0.323 e. The van der Waals surface area contributed by atoms with Crippen LogP contribution in [0.25, 0.3) is 0 Å². The zero-order valence-corrected chi connectivity index (χ0v) is 16.8. The molecule has 1 N–H and O–H groups in total. The van der Waals surface area contributed by atoms with E-state index in [1.165, 1.54) is 4.90 Å². The molecule has 0 spiro atoms. The van der Waals surface area contributed by atoms with Crippen LogP contribution in [0.2, 0.25) is 0 Å². The Hall–Kier alpha value is -3.93. The Morgan fingerprint density at radius 1 is 0.933 bits per heavy atom. The average molecular weight is 398 g/mol. The van der Waals surface area contributed by atoms with Crippen LogP contribution in [-0.4, -0.2) is 42.8 Å². The minimum Gasteiger partial charge on any atom is -0.311 e. The number of benzodiazepines with no additional fused rings is 1. The number of anilines is 2. The number of fused-ring (bicyclic) bond motifs is 1. The summed E-state index contributed by atoms with van der Waals surface area (Å²) in [5, 5.41) is 2.82. The summed E-state index contributed by atoms with van der Waals surface area (Å²) in [6.07, 6.45) is -0.999. The third-order valence-corrected chi connectivity index (χ3v) is 5.08. The van der Waals surface area contributed by atoms with E-state index in [1.54, 1.807) is 31.1 Å². The molecule has 1 unspecified atom stereocenters. The van der Waals surface area contributed by atoms with E-state index in [0.29, 0.717) is 11.4 Å². The van der Waals surface area contributed by atoms with Gasteiger partial charge in [-0.2, -0.15) is 0 Å². The van der Waals surface area contributed by atoms with Crippen LogP contribution in [-0.2, 0) is 4.79 Å². The van der Waals surface area contributed by atoms with Crippen LogP contribution >= 0.6 is 0 Å². The molecular weight excluding hydrogens is 376 g/mol. The first kappa shape index (κ1) is 19.4. The van der Waals surface area contributed by atoms with Crippen molar-refractivity contribution < 1.29 is 9.59 Å². The van der Waals surface area contributed by atoms with Crippen LogP contribution < -0.4 is 10.2 Å². The second kappa shape index (κ2) is 8.21. The van der Waals surface area contributed by atoms with Gasteiger partial charge in [0.25, 0.3) is 5.91 Å². The number of nitrogens with zero attached hydrogens (tertiary/aromatic N) is 3. The van der Waals surface area contributed by atoms with E-state index in [-0.39, 0.29) is 5.91 Å². The Labute approximate surface area is 175 Å². The molecule has 0 radical (unpaired) electrons. The van der Waals surface area contributed by atoms with Gasteiger partial charge in [-0.3, -0.25) is 9.69 Å². The topological polar surface area (TPSA) is 65.0 Å². The van der Waals surface area contributed by atoms with Crippen molar-refractivity contribution in [1.29, 1.82) is 0 Å². The number of benzene rings is 3. The molecule has 4 rings (SSSR count). The van der Waals surface area contributed by atoms with Gasteiger partial charge in [-0.15, -0.1) is 0 Å². The number of hydrogen-bond donors (Lipinski definition) is 1. The number of urea groups is 1. The lowest BCUT2D eigenvalue weighted by atomic mass is 10.0. The highest BCUT2D eigenvalue weighted by Crippen LogP contribution is 2.28. The van der Waals surface area contributed by atoms with Gasteiger partial charge in [-0.25, -0.2) is 9.79 Å². The van der Waals surface area contributed by atoms with Crippen molar-refractivity contribution in [2.45, 2.75) is 6.17 Å². The maximum absolute atomic E-state index is 13.3. The monoisotopic (exact) mass is 398 g/mol. The van der Waals surface area contributed by atoms with Gasteiger partial charge < -0.3 is 10.2 Å². The number of carbonyl (C=O) groups excluding carboxylic acids is 2. The molecule has 1 atom stereocenters. The highest BCUT2D eigenvalue weighted by molar-refractivity contribution is 6.20. The lowest BCUT2D eigenvalue weighted by Gasteiger charge is -2.27. The smallest absolute Gasteiger partial charge is 0.311 e. The van der Waals surface area contributed by atoms with Gasteiger partial charge in [0.1, 0.15) is 0 Å². The van der Waals surface area contributed by atoms with Crippen LogP contribution in [0.4, 0.5) is 16.2 Å². The van der Waals surface area contributed by atoms with Gasteiger partial charge in [0.2, 0.25) is 6.17 Å². The van der Waals surface area contributed by atoms with Crippen molar-refractivity contribution in [1.82, 2.24) is 4.90 Å². The summed E-state index contributed by atoms with van der Waals surface area (Å²) in [7, 11) is 3.29. The van der Waals surface area contributed by atoms with Gasteiger partial charge in [-0.05, 0) is 18.2 Å². The van der Waals surface area contributed by atoms with Gasteiger partial charge in [-0.1, -0.05) is 66.7 Å². The molecule has 0 saturated carbocycles. The Bertz CT molecular complexity index is 1100. The van der Waals surface area contributed by atoms with Gasteiger partial charge in [0.05, 0.1) is 11.4 Å². The lowest BCUT2D eigenvalue weighted by molar-refractivity contribution is -0.121. The van der Waals surface area contributed by atoms with Crippen molar-refractivity contribution in [3.8, 4) is 0 Å². The van der Waals surface area contributed by atoms with Crippen LogP contribution in [0.1, 0.15) is 11.1 Å². The minimum atomic E-state index is -0.999. The number of rotatable bonds is 3. The summed E-state index contributed by atoms with van der Waals surface area (Å²) in [5.41, 5.74) is 3.81. The minimum absolute atomic E-state index is 0.279. The van der Waals surface area contributed by atoms with Gasteiger partial charge >= 0.3 is 6.03 Å². The third-order valence-electron chi connectivity index (χ3n) is 5.08. The molecule has 0 fully saturated rings. The summed E-state index contributed by atoms with van der Waals surface area (Å²) in [5.74, 6) is -0.279. The van der Waals surface area contributed by atoms with E-state index in [2.05, 4.69) is 5.32 Å². The number of amides is 3. The summed E-state index contributed by atoms with van der Waals surface area (Å²) in [6.45, 7) is 0. The second-order valence-corrected chi connectivity index (χ2v) is 7.04. The van der Waals surface area contributed by atoms with E-state index in [4.69, 9.17) is 4.99 Å². The van der Waals surface area contributed by atoms with Gasteiger partial charge in [0.15, 0.2) is 0 Å². The Kier molecular flexibility index (Phi) is 5.30. The summed E-state index contributed by atoms with van der Waals surface area (Å²) < 4.78 is 0. The second-order valence-electron chi connectivity index (χ2n) is 7.04. The molecule has 1 aliphatic rings. The molecule has 30 heavy (non-hydrogen) atoms. The number of carbonyl (C=O) groups is 2. The van der Waals surface area contributed by atoms with Crippen LogP contribution in [0.15, 0.2) is 89.9 Å². The van der Waals surface area contributed by atoms with E-state index < -0.39 is 12.2 Å². The van der Waals surface area contributed by atoms with Crippen LogP contribution in [0, 0.1) is 0 Å². The molecule has 0 bridgehead atoms. The zero-order chi connectivity index (χ0) is 21.1. The normalized spacial score (nSPS) is 15.7. The number of aliphatic imine (C=N–C) groups is 1. The SMILES string of the molecule is CN1C(=O)C(N(C)C(=O)Nc2ccccc2)N=C(c2ccccc2)c2ccccc21. The molecule has 6 nitrogen and oxygen atoms in total. The quantitative estimate of drug-likeness (QED) is 0.725. The highest BCUT2D eigenvalue weighted by atomic mass is 16.2. The molecule has 0 saturated heterocycles. The Morgan fingerprint density at radius 2 is 1.53 bits per heavy atom. The molecule has 3 amide bonds. The predicted octanol–water partition coefficient (Wildman–Crippen LogP) is 3.99. The van der Waals surface area contributed by atoms with Crippen molar-refractivity contribution in [2.24, 2.45) is 4.99 Å². The molecule has 0 aliphatic carbocycles. The average Bonchev–Trinajstić information content (AvgIpc) is 2.90. The Balaban J connectivity index is 1.75. The Morgan fingerprint density at radius 3 is 2.23 bits per heavy atom. The summed E-state index contributed by atoms with van der Waals surface area (Å²) in [6, 6.07) is 26.0. The van der Waals surface area contributed by atoms with Crippen molar-refractivity contribution in [2.75, 3.05) is 24.3 Å². The zero-order valence-electron chi connectivity index (χ0n) is 16.8. The molecule has 6 heteroatoms. The number of likely N-dealkylation sites (N-methyl/N-ethyl adjacent to an activating group) is 2. The third kappa shape index (κ3) is 3.67. The number of para-hydroxylation sites is 2. The first-order chi connectivity index (χ1) is 14.6. The molecule has 3 aromatic rings. The first-order valence-electron chi connectivity index (χ1n) is 9.65. The fourth-order valence-electron chi connectivity index (χ4n) is 3.43. The highest BCUT2D eigenvalue weighted by Gasteiger charge is 2.34. The van der Waals surface area contributed by atoms with Crippen molar-refractivity contribution in [3.63, 3.8) is 0 Å². The van der Waals surface area contributed by atoms with E-state index in [1.807, 2.05) is 72.8 Å². The molecule has 3 aromatic carbocycles. The number of hydrogen-bond acceptors (Lipinski definition) is 3. The van der Waals surface area contributed by atoms with Crippen LogP contribution in [0.5, 0.6) is 0 Å². The molecule has 150 valence electrons. The fraction of sp³-hybridized carbons (Fsp3) is 0.125. The summed E-state index contributed by atoms with van der Waals surface area (Å²) in [4.78, 5) is 33.8. The van der Waals surface area contributed by atoms with Crippen molar-refractivity contribution >= 4 is 29.0 Å². The van der Waals surface area contributed by atoms with E-state index >= 15 is 0 Å². The molecule has 1 heterocycles. The van der Waals surface area contributed by atoms with E-state index in [0.717, 1.165) is 16.8 Å². The van der Waals surface area contributed by atoms with Crippen LogP contribution in [0.3, 0.4) is 0 Å². The summed E-state index contributed by atoms with van der Waals surface area (Å²) >= 11 is 0. The first-order valence-corrected chi connectivity index (χ1v) is 9.65. The molecular formula is C24H22N4O2. The standard InChI is InChI=1S/C24H22N4O2/c1-27-20-16-10-9-15-19(20)21(17-11-5-3-6-12-17)26-22(23(27)29)28(2)24(30)25-18-13-7-4-8-14-18/h3-16,22H,1-2H3,(H,25,30). The maximum atomic E-state index is 13.3. The lowest BCUT2D eigenvalue weighted by Crippen LogP contribution is -2.48. The predicted molar refractivity (Wildman–Crippen MR) is 119 cm³/mol. The van der Waals surface area contributed by atoms with Crippen molar-refractivity contribution in [3.05, 3.63) is 96.1 Å². The van der Waals surface area contributed by atoms with E-state index in [9.17, 15) is 9.59 Å².